The Hall–Kier alpha value is -2.81. The summed E-state index contributed by atoms with van der Waals surface area (Å²) < 4.78 is 135. The average Bonchev–Trinajstić information content (AvgIpc) is 3.61. The highest BCUT2D eigenvalue weighted by Gasteiger charge is 2.52. The molecule has 1 fully saturated rings. The third-order valence-corrected chi connectivity index (χ3v) is 7.03. The summed E-state index contributed by atoms with van der Waals surface area (Å²) in [6.07, 6.45) is -15.4. The van der Waals surface area contributed by atoms with Gasteiger partial charge in [0.1, 0.15) is 23.8 Å². The maximum absolute atomic E-state index is 15.0. The van der Waals surface area contributed by atoms with Crippen molar-refractivity contribution < 1.29 is 53.5 Å². The van der Waals surface area contributed by atoms with E-state index in [0.717, 1.165) is 12.1 Å². The lowest BCUT2D eigenvalue weighted by Crippen LogP contribution is -2.51. The molecule has 16 heteroatoms. The van der Waals surface area contributed by atoms with Gasteiger partial charge >= 0.3 is 18.5 Å². The number of carbonyl (C=O) groups excluding carboxylic acids is 2. The highest BCUT2D eigenvalue weighted by molar-refractivity contribution is 9.10. The Morgan fingerprint density at radius 3 is 2.12 bits per heavy atom. The molecule has 218 valence electrons. The molecular weight excluding hydrogens is 654 g/mol. The molecule has 1 saturated carbocycles. The molecule has 40 heavy (non-hydrogen) atoms. The van der Waals surface area contributed by atoms with E-state index in [9.17, 15) is 53.5 Å². The van der Waals surface area contributed by atoms with Crippen LogP contribution in [0.4, 0.5) is 43.9 Å². The minimum atomic E-state index is -5.30. The van der Waals surface area contributed by atoms with Gasteiger partial charge in [0.05, 0.1) is 16.1 Å². The lowest BCUT2D eigenvalue weighted by Gasteiger charge is -2.20. The molecular formula is C24H16BrClF10N2O2. The molecule has 2 amide bonds. The second kappa shape index (κ2) is 11.2. The van der Waals surface area contributed by atoms with Gasteiger partial charge in [-0.15, -0.1) is 0 Å². The Kier molecular flexibility index (Phi) is 8.90. The normalized spacial score (nSPS) is 16.4. The van der Waals surface area contributed by atoms with Crippen LogP contribution in [0.5, 0.6) is 0 Å². The topological polar surface area (TPSA) is 58.2 Å². The first kappa shape index (κ1) is 31.7. The second-order valence-electron chi connectivity index (χ2n) is 8.80. The molecule has 2 aromatic carbocycles. The summed E-state index contributed by atoms with van der Waals surface area (Å²) in [5, 5.41) is 3.38. The van der Waals surface area contributed by atoms with E-state index < -0.39 is 76.4 Å². The number of nitrogens with one attached hydrogen (secondary N) is 2. The summed E-state index contributed by atoms with van der Waals surface area (Å²) >= 11 is 8.82. The SMILES string of the molecule is O=C(NC1(C(=O)NCC(F)(F)F)CC1)c1ccc(/C(F)=C/C(c2ccc(Br)c(Cl)c2)C(F)(F)F)cc1C(F)(F)F. The second-order valence-corrected chi connectivity index (χ2v) is 10.1. The van der Waals surface area contributed by atoms with Crippen LogP contribution in [0.15, 0.2) is 46.9 Å². The average molecular weight is 670 g/mol. The van der Waals surface area contributed by atoms with Crippen molar-refractivity contribution in [1.82, 2.24) is 10.6 Å². The van der Waals surface area contributed by atoms with Crippen molar-refractivity contribution in [3.63, 3.8) is 0 Å². The molecule has 0 radical (unpaired) electrons. The van der Waals surface area contributed by atoms with E-state index in [1.54, 1.807) is 5.32 Å². The number of hydrogen-bond acceptors (Lipinski definition) is 2. The summed E-state index contributed by atoms with van der Waals surface area (Å²) in [6, 6.07) is 4.30. The van der Waals surface area contributed by atoms with Gasteiger partial charge < -0.3 is 10.6 Å². The van der Waals surface area contributed by atoms with Crippen LogP contribution in [0.3, 0.4) is 0 Å². The third-order valence-electron chi connectivity index (χ3n) is 5.80. The van der Waals surface area contributed by atoms with Crippen LogP contribution in [-0.4, -0.2) is 36.3 Å². The van der Waals surface area contributed by atoms with Crippen LogP contribution in [-0.2, 0) is 11.0 Å². The van der Waals surface area contributed by atoms with E-state index in [0.29, 0.717) is 12.1 Å². The predicted molar refractivity (Wildman–Crippen MR) is 127 cm³/mol. The molecule has 0 aliphatic heterocycles. The number of carbonyl (C=O) groups is 2. The zero-order valence-corrected chi connectivity index (χ0v) is 21.9. The van der Waals surface area contributed by atoms with Crippen LogP contribution in [0, 0.1) is 0 Å². The first-order chi connectivity index (χ1) is 18.2. The van der Waals surface area contributed by atoms with Gasteiger partial charge in [0, 0.05) is 10.0 Å². The molecule has 2 N–H and O–H groups in total. The molecule has 1 aliphatic rings. The van der Waals surface area contributed by atoms with E-state index in [1.165, 1.54) is 6.07 Å². The van der Waals surface area contributed by atoms with Crippen molar-refractivity contribution in [3.8, 4) is 0 Å². The maximum atomic E-state index is 15.0. The fourth-order valence-electron chi connectivity index (χ4n) is 3.62. The Bertz CT molecular complexity index is 1330. The number of benzene rings is 2. The smallest absolute Gasteiger partial charge is 0.345 e. The van der Waals surface area contributed by atoms with Crippen molar-refractivity contribution in [2.24, 2.45) is 0 Å². The van der Waals surface area contributed by atoms with E-state index >= 15 is 0 Å². The van der Waals surface area contributed by atoms with Crippen LogP contribution < -0.4 is 10.6 Å². The minimum absolute atomic E-state index is 0.0545. The van der Waals surface area contributed by atoms with Crippen LogP contribution in [0.2, 0.25) is 5.02 Å². The number of hydrogen-bond donors (Lipinski definition) is 2. The molecule has 4 nitrogen and oxygen atoms in total. The summed E-state index contributed by atoms with van der Waals surface area (Å²) in [5.41, 5.74) is -6.17. The van der Waals surface area contributed by atoms with E-state index in [-0.39, 0.29) is 34.5 Å². The number of amides is 2. The number of allylic oxidation sites excluding steroid dienone is 1. The molecule has 1 aliphatic carbocycles. The fourth-order valence-corrected chi connectivity index (χ4v) is 4.06. The Balaban J connectivity index is 1.94. The van der Waals surface area contributed by atoms with Crippen molar-refractivity contribution in [2.45, 2.75) is 42.8 Å². The predicted octanol–water partition coefficient (Wildman–Crippen LogP) is 7.72. The van der Waals surface area contributed by atoms with Gasteiger partial charge in [-0.2, -0.15) is 39.5 Å². The first-order valence-corrected chi connectivity index (χ1v) is 12.2. The molecule has 3 rings (SSSR count). The van der Waals surface area contributed by atoms with Crippen LogP contribution in [0.1, 0.15) is 45.8 Å². The van der Waals surface area contributed by atoms with Gasteiger partial charge in [-0.3, -0.25) is 9.59 Å². The zero-order chi connectivity index (χ0) is 30.3. The van der Waals surface area contributed by atoms with Gasteiger partial charge in [-0.1, -0.05) is 23.7 Å². The summed E-state index contributed by atoms with van der Waals surface area (Å²) in [4.78, 5) is 24.7. The number of halogens is 12. The van der Waals surface area contributed by atoms with Crippen LogP contribution >= 0.6 is 27.5 Å². The monoisotopic (exact) mass is 668 g/mol. The zero-order valence-electron chi connectivity index (χ0n) is 19.6. The van der Waals surface area contributed by atoms with Crippen molar-refractivity contribution in [3.05, 3.63) is 74.2 Å². The van der Waals surface area contributed by atoms with Crippen molar-refractivity contribution >= 4 is 45.2 Å². The van der Waals surface area contributed by atoms with Gasteiger partial charge in [0.15, 0.2) is 0 Å². The standard InChI is InChI=1S/C24H16BrClF10N2O2/c25-16-4-2-11(8-17(16)26)14(23(31,32)33)9-18(27)12-1-3-13(15(7-12)24(34,35)36)19(39)38-21(5-6-21)20(40)37-10-22(28,29)30/h1-4,7-9,14H,5-6,10H2,(H,37,40)(H,38,39)/b18-9-. The number of alkyl halides is 9. The molecule has 1 unspecified atom stereocenters. The van der Waals surface area contributed by atoms with E-state index in [4.69, 9.17) is 11.6 Å². The fraction of sp³-hybridized carbons (Fsp3) is 0.333. The molecule has 0 heterocycles. The van der Waals surface area contributed by atoms with Crippen molar-refractivity contribution in [2.75, 3.05) is 6.54 Å². The largest absolute Gasteiger partial charge is 0.417 e. The summed E-state index contributed by atoms with van der Waals surface area (Å²) in [6.45, 7) is -1.73. The van der Waals surface area contributed by atoms with E-state index in [1.807, 2.05) is 5.32 Å². The van der Waals surface area contributed by atoms with Gasteiger partial charge in [-0.25, -0.2) is 4.39 Å². The number of rotatable bonds is 7. The Morgan fingerprint density at radius 1 is 1.00 bits per heavy atom. The third kappa shape index (κ3) is 7.68. The molecule has 0 saturated heterocycles. The van der Waals surface area contributed by atoms with E-state index in [2.05, 4.69) is 15.9 Å². The lowest BCUT2D eigenvalue weighted by molar-refractivity contribution is -0.140. The first-order valence-electron chi connectivity index (χ1n) is 11.0. The highest BCUT2D eigenvalue weighted by Crippen LogP contribution is 2.42. The minimum Gasteiger partial charge on any atom is -0.345 e. The maximum Gasteiger partial charge on any atom is 0.417 e. The summed E-state index contributed by atoms with van der Waals surface area (Å²) in [5.74, 6) is -7.05. The van der Waals surface area contributed by atoms with Gasteiger partial charge in [0.2, 0.25) is 5.91 Å². The quantitative estimate of drug-likeness (QED) is 0.297. The Morgan fingerprint density at radius 2 is 1.62 bits per heavy atom. The molecule has 2 aromatic rings. The van der Waals surface area contributed by atoms with Crippen molar-refractivity contribution in [1.29, 1.82) is 0 Å². The van der Waals surface area contributed by atoms with Crippen LogP contribution in [0.25, 0.3) is 5.83 Å². The lowest BCUT2D eigenvalue weighted by atomic mass is 9.95. The summed E-state index contributed by atoms with van der Waals surface area (Å²) in [7, 11) is 0. The van der Waals surface area contributed by atoms with Gasteiger partial charge in [0.25, 0.3) is 5.91 Å². The Labute approximate surface area is 232 Å². The van der Waals surface area contributed by atoms with Gasteiger partial charge in [-0.05, 0) is 64.7 Å². The molecule has 0 aromatic heterocycles. The molecule has 0 spiro atoms. The highest BCUT2D eigenvalue weighted by atomic mass is 79.9. The molecule has 1 atom stereocenters. The molecule has 0 bridgehead atoms.